The van der Waals surface area contributed by atoms with Crippen LogP contribution in [0.4, 0.5) is 0 Å². The summed E-state index contributed by atoms with van der Waals surface area (Å²) in [4.78, 5) is 69.6. The van der Waals surface area contributed by atoms with E-state index in [0.717, 1.165) is 57.8 Å². The molecule has 0 radical (unpaired) electrons. The fourth-order valence-corrected chi connectivity index (χ4v) is 5.39. The molecule has 2 atom stereocenters. The molecule has 48 heavy (non-hydrogen) atoms. The Morgan fingerprint density at radius 1 is 0.500 bits per heavy atom. The molecule has 0 fully saturated rings. The van der Waals surface area contributed by atoms with E-state index in [0.29, 0.717) is 45.2 Å². The van der Waals surface area contributed by atoms with Crippen molar-refractivity contribution in [3.8, 4) is 0 Å². The Morgan fingerprint density at radius 3 is 1.35 bits per heavy atom. The van der Waals surface area contributed by atoms with E-state index in [1.165, 1.54) is 51.9 Å². The quantitative estimate of drug-likeness (QED) is 0.0471. The van der Waals surface area contributed by atoms with E-state index in [2.05, 4.69) is 16.0 Å². The molecule has 0 heterocycles. The summed E-state index contributed by atoms with van der Waals surface area (Å²) >= 11 is 0. The second-order valence-corrected chi connectivity index (χ2v) is 13.1. The van der Waals surface area contributed by atoms with Crippen molar-refractivity contribution in [1.82, 2.24) is 16.0 Å². The maximum absolute atomic E-state index is 12.3. The maximum Gasteiger partial charge on any atom is 0.326 e. The van der Waals surface area contributed by atoms with E-state index in [1.807, 2.05) is 0 Å². The molecular formula is C36H66N4O8. The van der Waals surface area contributed by atoms with Crippen molar-refractivity contribution in [2.75, 3.05) is 13.1 Å². The van der Waals surface area contributed by atoms with Gasteiger partial charge in [0.05, 0.1) is 6.04 Å². The van der Waals surface area contributed by atoms with Crippen molar-refractivity contribution in [3.05, 3.63) is 0 Å². The number of rotatable bonds is 34. The van der Waals surface area contributed by atoms with Crippen LogP contribution in [0.3, 0.4) is 0 Å². The van der Waals surface area contributed by atoms with Gasteiger partial charge in [0.2, 0.25) is 17.7 Å². The molecule has 7 N–H and O–H groups in total. The van der Waals surface area contributed by atoms with Gasteiger partial charge in [-0.3, -0.25) is 24.0 Å². The van der Waals surface area contributed by atoms with Gasteiger partial charge in [-0.05, 0) is 58.3 Å². The Morgan fingerprint density at radius 2 is 0.896 bits per heavy atom. The Bertz CT molecular complexity index is 914. The molecule has 0 aliphatic carbocycles. The van der Waals surface area contributed by atoms with Crippen molar-refractivity contribution >= 4 is 35.4 Å². The second kappa shape index (κ2) is 31.3. The van der Waals surface area contributed by atoms with E-state index in [9.17, 15) is 33.9 Å². The average Bonchev–Trinajstić information content (AvgIpc) is 3.03. The first-order chi connectivity index (χ1) is 23.0. The van der Waals surface area contributed by atoms with Crippen molar-refractivity contribution in [2.45, 2.75) is 180 Å². The lowest BCUT2D eigenvalue weighted by Crippen LogP contribution is -2.41. The van der Waals surface area contributed by atoms with E-state index in [4.69, 9.17) is 10.8 Å². The summed E-state index contributed by atoms with van der Waals surface area (Å²) in [6.45, 7) is 2.48. The van der Waals surface area contributed by atoms with Crippen molar-refractivity contribution in [1.29, 1.82) is 0 Å². The fourth-order valence-electron chi connectivity index (χ4n) is 5.39. The molecule has 12 heteroatoms. The SMILES string of the molecule is CC(=O)[C@@H](N)CCCCNC(=O)CCCCCNC(=O)CC[C@H](NC(=O)CCCCCCCCCCCCCCCCC(=O)O)C(=O)O. The number of nitrogens with two attached hydrogens (primary N) is 1. The van der Waals surface area contributed by atoms with Crippen LogP contribution in [-0.4, -0.2) is 70.8 Å². The molecule has 0 aliphatic rings. The third-order valence-corrected chi connectivity index (χ3v) is 8.53. The molecule has 0 aromatic carbocycles. The lowest BCUT2D eigenvalue weighted by atomic mass is 10.0. The summed E-state index contributed by atoms with van der Waals surface area (Å²) in [5.41, 5.74) is 5.69. The number of amides is 3. The molecule has 0 bridgehead atoms. The monoisotopic (exact) mass is 682 g/mol. The first-order valence-corrected chi connectivity index (χ1v) is 18.6. The smallest absolute Gasteiger partial charge is 0.326 e. The zero-order valence-corrected chi connectivity index (χ0v) is 29.7. The topological polar surface area (TPSA) is 205 Å². The molecule has 0 spiro atoms. The Balaban J connectivity index is 3.72. The molecule has 3 amide bonds. The van der Waals surface area contributed by atoms with Crippen LogP contribution >= 0.6 is 0 Å². The van der Waals surface area contributed by atoms with Crippen LogP contribution in [0.15, 0.2) is 0 Å². The third-order valence-electron chi connectivity index (χ3n) is 8.53. The second-order valence-electron chi connectivity index (χ2n) is 13.1. The van der Waals surface area contributed by atoms with Crippen LogP contribution in [0.25, 0.3) is 0 Å². The van der Waals surface area contributed by atoms with E-state index < -0.39 is 24.0 Å². The summed E-state index contributed by atoms with van der Waals surface area (Å²) in [5, 5.41) is 26.3. The number of carboxylic acid groups (broad SMARTS) is 2. The Kier molecular flexibility index (Phi) is 29.3. The van der Waals surface area contributed by atoms with Crippen LogP contribution < -0.4 is 21.7 Å². The van der Waals surface area contributed by atoms with Crippen LogP contribution in [0, 0.1) is 0 Å². The van der Waals surface area contributed by atoms with Gasteiger partial charge in [0.15, 0.2) is 0 Å². The minimum Gasteiger partial charge on any atom is -0.481 e. The molecule has 0 rings (SSSR count). The molecule has 0 aromatic rings. The first-order valence-electron chi connectivity index (χ1n) is 18.6. The molecule has 12 nitrogen and oxygen atoms in total. The predicted octanol–water partition coefficient (Wildman–Crippen LogP) is 5.54. The summed E-state index contributed by atoms with van der Waals surface area (Å²) in [6.07, 6.45) is 20.6. The van der Waals surface area contributed by atoms with Crippen molar-refractivity contribution in [3.63, 3.8) is 0 Å². The third kappa shape index (κ3) is 30.3. The molecule has 278 valence electrons. The molecular weight excluding hydrogens is 616 g/mol. The fraction of sp³-hybridized carbons (Fsp3) is 0.833. The summed E-state index contributed by atoms with van der Waals surface area (Å²) in [6, 6.07) is -1.52. The van der Waals surface area contributed by atoms with Crippen LogP contribution in [-0.2, 0) is 28.8 Å². The van der Waals surface area contributed by atoms with Crippen molar-refractivity contribution in [2.24, 2.45) is 5.73 Å². The largest absolute Gasteiger partial charge is 0.481 e. The van der Waals surface area contributed by atoms with Crippen molar-refractivity contribution < 1.29 is 39.0 Å². The van der Waals surface area contributed by atoms with Gasteiger partial charge in [-0.2, -0.15) is 0 Å². The maximum atomic E-state index is 12.3. The highest BCUT2D eigenvalue weighted by Crippen LogP contribution is 2.14. The van der Waals surface area contributed by atoms with Gasteiger partial charge in [0.1, 0.15) is 11.8 Å². The van der Waals surface area contributed by atoms with E-state index in [1.54, 1.807) is 0 Å². The zero-order valence-electron chi connectivity index (χ0n) is 29.7. The van der Waals surface area contributed by atoms with Crippen LogP contribution in [0.5, 0.6) is 0 Å². The number of aliphatic carboxylic acids is 2. The molecule has 0 aromatic heterocycles. The highest BCUT2D eigenvalue weighted by atomic mass is 16.4. The zero-order chi connectivity index (χ0) is 35.8. The van der Waals surface area contributed by atoms with Gasteiger partial charge in [-0.1, -0.05) is 83.5 Å². The Hall–Kier alpha value is -3.02. The van der Waals surface area contributed by atoms with Gasteiger partial charge in [-0.25, -0.2) is 4.79 Å². The molecule has 0 unspecified atom stereocenters. The summed E-state index contributed by atoms with van der Waals surface area (Å²) in [7, 11) is 0. The minimum atomic E-state index is -1.15. The van der Waals surface area contributed by atoms with Gasteiger partial charge < -0.3 is 31.9 Å². The highest BCUT2D eigenvalue weighted by molar-refractivity contribution is 5.84. The van der Waals surface area contributed by atoms with Gasteiger partial charge in [-0.15, -0.1) is 0 Å². The summed E-state index contributed by atoms with van der Waals surface area (Å²) < 4.78 is 0. The number of ketones is 1. The molecule has 0 saturated heterocycles. The van der Waals surface area contributed by atoms with Crippen LogP contribution in [0.1, 0.15) is 167 Å². The normalized spacial score (nSPS) is 12.2. The Labute approximate surface area is 288 Å². The number of hydrogen-bond donors (Lipinski definition) is 6. The number of unbranched alkanes of at least 4 members (excludes halogenated alkanes) is 16. The highest BCUT2D eigenvalue weighted by Gasteiger charge is 2.20. The number of carbonyl (C=O) groups is 6. The predicted molar refractivity (Wildman–Crippen MR) is 187 cm³/mol. The van der Waals surface area contributed by atoms with Gasteiger partial charge >= 0.3 is 11.9 Å². The lowest BCUT2D eigenvalue weighted by Gasteiger charge is -2.14. The minimum absolute atomic E-state index is 0.00553. The standard InChI is InChI=1S/C36H66N4O8/c1-29(41)30(37)21-18-20-28-38-32(42)22-16-14-19-27-39-33(43)26-25-31(36(47)48)40-34(44)23-15-12-10-8-6-4-2-3-5-7-9-11-13-17-24-35(45)46/h30-31H,2-28,37H2,1H3,(H,38,42)(H,39,43)(H,40,44)(H,45,46)(H,47,48)/t30-,31-/m0/s1. The van der Waals surface area contributed by atoms with Gasteiger partial charge in [0.25, 0.3) is 0 Å². The summed E-state index contributed by atoms with van der Waals surface area (Å²) in [5.74, 6) is -2.47. The number of nitrogens with one attached hydrogen (secondary N) is 3. The van der Waals surface area contributed by atoms with Crippen LogP contribution in [0.2, 0.25) is 0 Å². The van der Waals surface area contributed by atoms with Gasteiger partial charge in [0, 0.05) is 38.8 Å². The lowest BCUT2D eigenvalue weighted by molar-refractivity contribution is -0.142. The number of Topliss-reactive ketones (excluding diaryl/α,β-unsaturated/α-hetero) is 1. The average molecular weight is 683 g/mol. The number of hydrogen-bond acceptors (Lipinski definition) is 7. The van der Waals surface area contributed by atoms with E-state index in [-0.39, 0.29) is 49.2 Å². The number of carbonyl (C=O) groups excluding carboxylic acids is 4. The van der Waals surface area contributed by atoms with E-state index >= 15 is 0 Å². The first kappa shape index (κ1) is 45.0. The molecule has 0 saturated carbocycles. The number of carboxylic acids is 2. The molecule has 0 aliphatic heterocycles.